The largest absolute Gasteiger partial charge is 0.495 e. The number of para-hydroxylation sites is 2. The topological polar surface area (TPSA) is 123 Å². The summed E-state index contributed by atoms with van der Waals surface area (Å²) in [6.07, 6.45) is 0.654. The summed E-state index contributed by atoms with van der Waals surface area (Å²) in [5.41, 5.74) is 4.57. The zero-order valence-electron chi connectivity index (χ0n) is 16.8. The lowest BCUT2D eigenvalue weighted by molar-refractivity contribution is -0.131. The molecule has 0 aliphatic rings. The Labute approximate surface area is 185 Å². The van der Waals surface area contributed by atoms with Gasteiger partial charge in [0.05, 0.1) is 24.4 Å². The Morgan fingerprint density at radius 2 is 1.90 bits per heavy atom. The van der Waals surface area contributed by atoms with Gasteiger partial charge in [-0.2, -0.15) is 0 Å². The summed E-state index contributed by atoms with van der Waals surface area (Å²) < 4.78 is 38.4. The van der Waals surface area contributed by atoms with Gasteiger partial charge in [-0.15, -0.1) is 6.58 Å². The monoisotopic (exact) mass is 467 g/mol. The smallest absolute Gasteiger partial charge is 0.269 e. The molecule has 31 heavy (non-hydrogen) atoms. The molecule has 1 atom stereocenters. The highest BCUT2D eigenvalue weighted by atomic mass is 35.5. The average Bonchev–Trinajstić information content (AvgIpc) is 2.75. The number of sulfonamides is 1. The predicted molar refractivity (Wildman–Crippen MR) is 116 cm³/mol. The number of anilines is 1. The third-order valence-electron chi connectivity index (χ3n) is 3.97. The van der Waals surface area contributed by atoms with Crippen LogP contribution in [0, 0.1) is 0 Å². The number of hydrogen-bond acceptors (Lipinski definition) is 6. The SMILES string of the molecule is C=CCOC(C)C(=O)NNC(=O)c1ccc(Cl)c(S(=O)(=O)Nc2ccccc2OC)c1. The van der Waals surface area contributed by atoms with Gasteiger partial charge in [0.15, 0.2) is 0 Å². The highest BCUT2D eigenvalue weighted by Gasteiger charge is 2.22. The summed E-state index contributed by atoms with van der Waals surface area (Å²) in [6, 6.07) is 10.1. The van der Waals surface area contributed by atoms with Crippen molar-refractivity contribution in [2.75, 3.05) is 18.4 Å². The number of carbonyl (C=O) groups is 2. The van der Waals surface area contributed by atoms with E-state index in [0.717, 1.165) is 6.07 Å². The molecular weight excluding hydrogens is 446 g/mol. The Balaban J connectivity index is 2.18. The van der Waals surface area contributed by atoms with E-state index in [4.69, 9.17) is 21.1 Å². The number of methoxy groups -OCH3 is 1. The van der Waals surface area contributed by atoms with E-state index in [9.17, 15) is 18.0 Å². The lowest BCUT2D eigenvalue weighted by Crippen LogP contribution is -2.46. The lowest BCUT2D eigenvalue weighted by atomic mass is 10.2. The van der Waals surface area contributed by atoms with E-state index < -0.39 is 27.9 Å². The van der Waals surface area contributed by atoms with Crippen molar-refractivity contribution < 1.29 is 27.5 Å². The highest BCUT2D eigenvalue weighted by Crippen LogP contribution is 2.29. The van der Waals surface area contributed by atoms with Crippen LogP contribution in [0.15, 0.2) is 60.0 Å². The van der Waals surface area contributed by atoms with Gasteiger partial charge in [-0.3, -0.25) is 25.2 Å². The summed E-state index contributed by atoms with van der Waals surface area (Å²) >= 11 is 6.07. The molecule has 2 amide bonds. The van der Waals surface area contributed by atoms with E-state index in [1.54, 1.807) is 18.2 Å². The van der Waals surface area contributed by atoms with Crippen LogP contribution in [-0.4, -0.2) is 40.1 Å². The fourth-order valence-corrected chi connectivity index (χ4v) is 3.96. The van der Waals surface area contributed by atoms with E-state index >= 15 is 0 Å². The Bertz CT molecular complexity index is 1070. The molecule has 2 rings (SSSR count). The maximum Gasteiger partial charge on any atom is 0.269 e. The van der Waals surface area contributed by atoms with E-state index in [1.165, 1.54) is 38.3 Å². The zero-order valence-corrected chi connectivity index (χ0v) is 18.4. The standard InChI is InChI=1S/C20H22ClN3O6S/c1-4-11-30-13(2)19(25)22-23-20(26)14-9-10-15(21)18(12-14)31(27,28)24-16-7-5-6-8-17(16)29-3/h4-10,12-13,24H,1,11H2,2-3H3,(H,22,25)(H,23,26). The van der Waals surface area contributed by atoms with Crippen molar-refractivity contribution in [2.24, 2.45) is 0 Å². The second kappa shape index (κ2) is 10.8. The normalized spacial score (nSPS) is 11.8. The molecule has 0 saturated carbocycles. The quantitative estimate of drug-likeness (QED) is 0.384. The predicted octanol–water partition coefficient (Wildman–Crippen LogP) is 2.50. The molecule has 0 saturated heterocycles. The van der Waals surface area contributed by atoms with Gasteiger partial charge in [0.2, 0.25) is 0 Å². The summed E-state index contributed by atoms with van der Waals surface area (Å²) in [6.45, 7) is 5.15. The second-order valence-corrected chi connectivity index (χ2v) is 8.22. The van der Waals surface area contributed by atoms with Crippen molar-refractivity contribution in [3.05, 3.63) is 65.7 Å². The summed E-state index contributed by atoms with van der Waals surface area (Å²) in [4.78, 5) is 24.0. The summed E-state index contributed by atoms with van der Waals surface area (Å²) in [5, 5.41) is -0.0885. The number of rotatable bonds is 9. The molecule has 0 fully saturated rings. The van der Waals surface area contributed by atoms with Gasteiger partial charge in [-0.05, 0) is 37.3 Å². The third-order valence-corrected chi connectivity index (χ3v) is 5.81. The second-order valence-electron chi connectivity index (χ2n) is 6.16. The van der Waals surface area contributed by atoms with E-state index in [1.807, 2.05) is 0 Å². The lowest BCUT2D eigenvalue weighted by Gasteiger charge is -2.14. The van der Waals surface area contributed by atoms with Gasteiger partial charge in [0.25, 0.3) is 21.8 Å². The molecule has 9 nitrogen and oxygen atoms in total. The van der Waals surface area contributed by atoms with E-state index in [2.05, 4.69) is 22.2 Å². The van der Waals surface area contributed by atoms with Crippen LogP contribution in [-0.2, 0) is 19.6 Å². The zero-order chi connectivity index (χ0) is 23.0. The van der Waals surface area contributed by atoms with Crippen molar-refractivity contribution in [2.45, 2.75) is 17.9 Å². The number of hydrogen-bond donors (Lipinski definition) is 3. The first kappa shape index (κ1) is 24.2. The Kier molecular flexibility index (Phi) is 8.43. The van der Waals surface area contributed by atoms with Crippen LogP contribution < -0.4 is 20.3 Å². The molecule has 0 aromatic heterocycles. The first-order chi connectivity index (χ1) is 14.7. The molecule has 3 N–H and O–H groups in total. The van der Waals surface area contributed by atoms with Crippen LogP contribution in [0.3, 0.4) is 0 Å². The van der Waals surface area contributed by atoms with Crippen LogP contribution in [0.5, 0.6) is 5.75 Å². The molecule has 0 radical (unpaired) electrons. The molecule has 0 spiro atoms. The molecule has 0 aliphatic carbocycles. The molecule has 1 unspecified atom stereocenters. The van der Waals surface area contributed by atoms with Gasteiger partial charge >= 0.3 is 0 Å². The van der Waals surface area contributed by atoms with Gasteiger partial charge in [-0.25, -0.2) is 8.42 Å². The van der Waals surface area contributed by atoms with Crippen LogP contribution in [0.25, 0.3) is 0 Å². The number of hydrazine groups is 1. The van der Waals surface area contributed by atoms with Crippen LogP contribution in [0.2, 0.25) is 5.02 Å². The molecule has 166 valence electrons. The van der Waals surface area contributed by atoms with Crippen LogP contribution in [0.1, 0.15) is 17.3 Å². The fraction of sp³-hybridized carbons (Fsp3) is 0.200. The number of benzene rings is 2. The van der Waals surface area contributed by atoms with Crippen molar-refractivity contribution in [3.63, 3.8) is 0 Å². The van der Waals surface area contributed by atoms with E-state index in [0.29, 0.717) is 5.75 Å². The first-order valence-electron chi connectivity index (χ1n) is 8.97. The molecule has 11 heteroatoms. The van der Waals surface area contributed by atoms with Crippen molar-refractivity contribution in [1.29, 1.82) is 0 Å². The maximum atomic E-state index is 12.8. The molecule has 0 aliphatic heterocycles. The summed E-state index contributed by atoms with van der Waals surface area (Å²) in [7, 11) is -2.74. The number of carbonyl (C=O) groups excluding carboxylic acids is 2. The molecule has 0 bridgehead atoms. The van der Waals surface area contributed by atoms with Gasteiger partial charge < -0.3 is 9.47 Å². The average molecular weight is 468 g/mol. The molecule has 2 aromatic rings. The van der Waals surface area contributed by atoms with Gasteiger partial charge in [0, 0.05) is 5.56 Å². The van der Waals surface area contributed by atoms with Crippen molar-refractivity contribution in [1.82, 2.24) is 10.9 Å². The molecular formula is C20H22ClN3O6S. The Hall–Kier alpha value is -3.08. The van der Waals surface area contributed by atoms with Crippen molar-refractivity contribution >= 4 is 39.1 Å². The van der Waals surface area contributed by atoms with Gasteiger partial charge in [-0.1, -0.05) is 29.8 Å². The minimum atomic E-state index is -4.15. The third kappa shape index (κ3) is 6.45. The minimum absolute atomic E-state index is 0.0373. The van der Waals surface area contributed by atoms with Crippen molar-refractivity contribution in [3.8, 4) is 5.75 Å². The number of ether oxygens (including phenoxy) is 2. The maximum absolute atomic E-state index is 12.8. The Morgan fingerprint density at radius 1 is 1.19 bits per heavy atom. The molecule has 0 heterocycles. The number of nitrogens with one attached hydrogen (secondary N) is 3. The number of amides is 2. The van der Waals surface area contributed by atoms with Gasteiger partial charge in [0.1, 0.15) is 16.7 Å². The van der Waals surface area contributed by atoms with Crippen LogP contribution in [0.4, 0.5) is 5.69 Å². The highest BCUT2D eigenvalue weighted by molar-refractivity contribution is 7.92. The summed E-state index contributed by atoms with van der Waals surface area (Å²) in [5.74, 6) is -1.02. The van der Waals surface area contributed by atoms with Crippen LogP contribution >= 0.6 is 11.6 Å². The minimum Gasteiger partial charge on any atom is -0.495 e. The molecule has 2 aromatic carbocycles. The Morgan fingerprint density at radius 3 is 2.58 bits per heavy atom. The van der Waals surface area contributed by atoms with E-state index in [-0.39, 0.29) is 27.8 Å². The first-order valence-corrected chi connectivity index (χ1v) is 10.8. The number of halogens is 1. The fourth-order valence-electron chi connectivity index (χ4n) is 2.36.